The second-order valence-corrected chi connectivity index (χ2v) is 15.8. The molecule has 55 heavy (non-hydrogen) atoms. The lowest BCUT2D eigenvalue weighted by atomic mass is 9.46. The van der Waals surface area contributed by atoms with Crippen LogP contribution in [0.25, 0.3) is 22.7 Å². The molecule has 0 aliphatic heterocycles. The molecule has 4 saturated carbocycles. The van der Waals surface area contributed by atoms with E-state index in [1.54, 1.807) is 18.7 Å². The van der Waals surface area contributed by atoms with E-state index in [2.05, 4.69) is 10.6 Å². The van der Waals surface area contributed by atoms with Crippen LogP contribution in [0.3, 0.4) is 0 Å². The zero-order valence-electron chi connectivity index (χ0n) is 31.0. The first kappa shape index (κ1) is 34.6. The van der Waals surface area contributed by atoms with E-state index >= 15 is 9.59 Å². The van der Waals surface area contributed by atoms with Gasteiger partial charge in [-0.1, -0.05) is 72.8 Å². The van der Waals surface area contributed by atoms with Gasteiger partial charge in [-0.25, -0.2) is 18.7 Å². The number of rotatable bonds is 9. The Labute approximate surface area is 319 Å². The number of nitrogens with one attached hydrogen (secondary N) is 2. The van der Waals surface area contributed by atoms with Gasteiger partial charge in [0.15, 0.2) is 0 Å². The summed E-state index contributed by atoms with van der Waals surface area (Å²) in [6.45, 7) is 3.62. The lowest BCUT2D eigenvalue weighted by Gasteiger charge is -2.58. The standard InChI is InChI=1S/C45H44N6O4/c1-29-39(43(54)50(36-19-11-5-12-20-36)48(29)34-15-7-3-8-16-34)46-41(52)38(45-26-31-23-32(27-45)25-33(24-31)28-45)42(53)47-40-30(2)49(35-17-9-4-10-18-35)51(44(40)55)37-21-13-6-14-22-37/h3-22,31-33,38H,23-28H2,1-2H3,(H,46,52)(H,47,53). The number of hydrogen-bond acceptors (Lipinski definition) is 4. The lowest BCUT2D eigenvalue weighted by Crippen LogP contribution is -2.55. The van der Waals surface area contributed by atoms with Crippen molar-refractivity contribution in [2.45, 2.75) is 52.4 Å². The van der Waals surface area contributed by atoms with Crippen molar-refractivity contribution in [3.63, 3.8) is 0 Å². The van der Waals surface area contributed by atoms with E-state index < -0.39 is 34.3 Å². The fourth-order valence-electron chi connectivity index (χ4n) is 10.5. The number of para-hydroxylation sites is 4. The molecule has 10 rings (SSSR count). The van der Waals surface area contributed by atoms with Crippen LogP contribution in [0.15, 0.2) is 131 Å². The Kier molecular flexibility index (Phi) is 8.56. The highest BCUT2D eigenvalue weighted by Gasteiger charge is 2.58. The van der Waals surface area contributed by atoms with E-state index in [0.29, 0.717) is 40.5 Å². The Balaban J connectivity index is 1.15. The largest absolute Gasteiger partial charge is 0.319 e. The molecule has 0 radical (unpaired) electrons. The predicted molar refractivity (Wildman–Crippen MR) is 214 cm³/mol. The molecule has 4 aromatic carbocycles. The molecule has 10 heteroatoms. The number of hydrogen-bond donors (Lipinski definition) is 2. The zero-order chi connectivity index (χ0) is 37.8. The minimum absolute atomic E-state index is 0.123. The van der Waals surface area contributed by atoms with Crippen LogP contribution in [0, 0.1) is 42.9 Å². The monoisotopic (exact) mass is 732 g/mol. The molecule has 2 heterocycles. The highest BCUT2D eigenvalue weighted by atomic mass is 16.2. The summed E-state index contributed by atoms with van der Waals surface area (Å²) in [5, 5.41) is 6.05. The lowest BCUT2D eigenvalue weighted by molar-refractivity contribution is -0.147. The molecule has 10 nitrogen and oxygen atoms in total. The molecule has 0 atom stereocenters. The summed E-state index contributed by atoms with van der Waals surface area (Å²) in [6.07, 6.45) is 5.66. The Bertz CT molecular complexity index is 2320. The Morgan fingerprint density at radius 1 is 0.509 bits per heavy atom. The maximum absolute atomic E-state index is 15.0. The molecular formula is C45H44N6O4. The van der Waals surface area contributed by atoms with E-state index in [9.17, 15) is 9.59 Å². The smallest absolute Gasteiger partial charge is 0.295 e. The second-order valence-electron chi connectivity index (χ2n) is 15.8. The number of anilines is 2. The van der Waals surface area contributed by atoms with Gasteiger partial charge in [-0.2, -0.15) is 0 Å². The maximum atomic E-state index is 15.0. The SMILES string of the molecule is Cc1c(NC(=O)C(C(=O)Nc2c(C)n(-c3ccccc3)n(-c3ccccc3)c2=O)C23CC4CC(CC(C4)C2)C3)c(=O)n(-c2ccccc2)n1-c1ccccc1. The van der Waals surface area contributed by atoms with Gasteiger partial charge in [0.2, 0.25) is 11.8 Å². The molecule has 4 aliphatic carbocycles. The Hall–Kier alpha value is -6.16. The van der Waals surface area contributed by atoms with Crippen LogP contribution < -0.4 is 21.8 Å². The van der Waals surface area contributed by atoms with Gasteiger partial charge in [-0.05, 0) is 124 Å². The quantitative estimate of drug-likeness (QED) is 0.149. The van der Waals surface area contributed by atoms with Crippen molar-refractivity contribution in [1.82, 2.24) is 18.7 Å². The second kappa shape index (κ2) is 13.6. The minimum atomic E-state index is -1.13. The highest BCUT2D eigenvalue weighted by Crippen LogP contribution is 2.63. The van der Waals surface area contributed by atoms with Crippen LogP contribution in [0.2, 0.25) is 0 Å². The molecule has 4 aliphatic rings. The number of carbonyl (C=O) groups is 2. The molecule has 4 bridgehead atoms. The summed E-state index contributed by atoms with van der Waals surface area (Å²) < 4.78 is 6.72. The molecular weight excluding hydrogens is 689 g/mol. The Morgan fingerprint density at radius 2 is 0.800 bits per heavy atom. The van der Waals surface area contributed by atoms with Crippen molar-refractivity contribution in [2.24, 2.45) is 29.1 Å². The Morgan fingerprint density at radius 3 is 1.11 bits per heavy atom. The number of benzene rings is 4. The van der Waals surface area contributed by atoms with Gasteiger partial charge in [0.25, 0.3) is 11.1 Å². The number of aromatic nitrogens is 4. The van der Waals surface area contributed by atoms with Crippen molar-refractivity contribution in [1.29, 1.82) is 0 Å². The highest BCUT2D eigenvalue weighted by molar-refractivity contribution is 6.11. The fraction of sp³-hybridized carbons (Fsp3) is 0.289. The van der Waals surface area contributed by atoms with Crippen molar-refractivity contribution in [3.8, 4) is 22.7 Å². The molecule has 0 unspecified atom stereocenters. The van der Waals surface area contributed by atoms with E-state index in [4.69, 9.17) is 0 Å². The summed E-state index contributed by atoms with van der Waals surface area (Å²) in [6, 6.07) is 37.7. The average Bonchev–Trinajstić information content (AvgIpc) is 3.58. The third-order valence-corrected chi connectivity index (χ3v) is 12.3. The van der Waals surface area contributed by atoms with Gasteiger partial charge in [0.1, 0.15) is 17.3 Å². The van der Waals surface area contributed by atoms with E-state index in [-0.39, 0.29) is 11.4 Å². The summed E-state index contributed by atoms with van der Waals surface area (Å²) in [5.41, 5.74) is 2.74. The first-order chi connectivity index (χ1) is 26.7. The van der Waals surface area contributed by atoms with Crippen molar-refractivity contribution in [2.75, 3.05) is 10.6 Å². The summed E-state index contributed by atoms with van der Waals surface area (Å²) in [4.78, 5) is 58.9. The fourth-order valence-corrected chi connectivity index (χ4v) is 10.5. The maximum Gasteiger partial charge on any atom is 0.295 e. The first-order valence-corrected chi connectivity index (χ1v) is 19.2. The molecule has 6 aromatic rings. The number of amides is 2. The van der Waals surface area contributed by atoms with Gasteiger partial charge in [0.05, 0.1) is 34.1 Å². The average molecular weight is 733 g/mol. The summed E-state index contributed by atoms with van der Waals surface area (Å²) in [5.74, 6) is -0.832. The van der Waals surface area contributed by atoms with E-state index in [0.717, 1.165) is 49.9 Å². The van der Waals surface area contributed by atoms with E-state index in [1.807, 2.05) is 135 Å². The minimum Gasteiger partial charge on any atom is -0.319 e. The molecule has 0 saturated heterocycles. The van der Waals surface area contributed by atoms with Crippen molar-refractivity contribution >= 4 is 23.2 Å². The summed E-state index contributed by atoms with van der Waals surface area (Å²) in [7, 11) is 0. The first-order valence-electron chi connectivity index (χ1n) is 19.2. The van der Waals surface area contributed by atoms with Gasteiger partial charge in [-0.15, -0.1) is 0 Å². The van der Waals surface area contributed by atoms with Crippen LogP contribution in [0.5, 0.6) is 0 Å². The van der Waals surface area contributed by atoms with Crippen LogP contribution in [0.4, 0.5) is 11.4 Å². The summed E-state index contributed by atoms with van der Waals surface area (Å²) >= 11 is 0. The van der Waals surface area contributed by atoms with Gasteiger partial charge >= 0.3 is 0 Å². The topological polar surface area (TPSA) is 112 Å². The van der Waals surface area contributed by atoms with Crippen LogP contribution >= 0.6 is 0 Å². The third kappa shape index (κ3) is 5.87. The van der Waals surface area contributed by atoms with Crippen molar-refractivity contribution < 1.29 is 9.59 Å². The number of carbonyl (C=O) groups excluding carboxylic acids is 2. The molecule has 2 aromatic heterocycles. The van der Waals surface area contributed by atoms with E-state index in [1.165, 1.54) is 0 Å². The molecule has 0 spiro atoms. The van der Waals surface area contributed by atoms with Crippen molar-refractivity contribution in [3.05, 3.63) is 153 Å². The normalized spacial score (nSPS) is 21.2. The predicted octanol–water partition coefficient (Wildman–Crippen LogP) is 7.60. The molecule has 2 amide bonds. The molecule has 4 fully saturated rings. The van der Waals surface area contributed by atoms with Gasteiger partial charge in [0, 0.05) is 0 Å². The third-order valence-electron chi connectivity index (χ3n) is 12.3. The molecule has 278 valence electrons. The zero-order valence-corrected chi connectivity index (χ0v) is 31.0. The van der Waals surface area contributed by atoms with Gasteiger partial charge in [-0.3, -0.25) is 19.2 Å². The number of nitrogens with zero attached hydrogens (tertiary/aromatic N) is 4. The van der Waals surface area contributed by atoms with Crippen LogP contribution in [-0.4, -0.2) is 30.5 Å². The molecule has 2 N–H and O–H groups in total. The van der Waals surface area contributed by atoms with Gasteiger partial charge < -0.3 is 10.6 Å². The van der Waals surface area contributed by atoms with Crippen LogP contribution in [-0.2, 0) is 9.59 Å². The van der Waals surface area contributed by atoms with Crippen LogP contribution in [0.1, 0.15) is 49.9 Å².